The lowest BCUT2D eigenvalue weighted by atomic mass is 10.0. The number of hydrogen-bond acceptors (Lipinski definition) is 3. The first kappa shape index (κ1) is 15.8. The van der Waals surface area contributed by atoms with E-state index < -0.39 is 0 Å². The second kappa shape index (κ2) is 6.57. The fraction of sp³-hybridized carbons (Fsp3) is 0.471. The van der Waals surface area contributed by atoms with Gasteiger partial charge in [-0.3, -0.25) is 9.69 Å². The zero-order chi connectivity index (χ0) is 15.7. The van der Waals surface area contributed by atoms with Crippen LogP contribution in [0.1, 0.15) is 24.6 Å². The molecule has 1 saturated heterocycles. The van der Waals surface area contributed by atoms with E-state index in [9.17, 15) is 4.79 Å². The van der Waals surface area contributed by atoms with Gasteiger partial charge in [0.15, 0.2) is 0 Å². The summed E-state index contributed by atoms with van der Waals surface area (Å²) in [6.07, 6.45) is 2.08. The van der Waals surface area contributed by atoms with E-state index in [0.29, 0.717) is 6.04 Å². The van der Waals surface area contributed by atoms with Crippen LogP contribution in [0.3, 0.4) is 0 Å². The van der Waals surface area contributed by atoms with Crippen molar-refractivity contribution in [2.24, 2.45) is 0 Å². The number of fused-ring (bicyclic) bond motifs is 1. The van der Waals surface area contributed by atoms with Crippen LogP contribution in [0.5, 0.6) is 0 Å². The van der Waals surface area contributed by atoms with Gasteiger partial charge in [0.1, 0.15) is 0 Å². The number of carbonyl (C=O) groups excluding carboxylic acids is 1. The Morgan fingerprint density at radius 1 is 1.36 bits per heavy atom. The Morgan fingerprint density at radius 3 is 2.68 bits per heavy atom. The molecule has 1 aromatic heterocycles. The van der Waals surface area contributed by atoms with E-state index in [1.165, 1.54) is 9.58 Å². The van der Waals surface area contributed by atoms with Crippen LogP contribution < -0.4 is 0 Å². The summed E-state index contributed by atoms with van der Waals surface area (Å²) >= 11 is 8.32. The standard InChI is InChI=1S/C17H21ClN2OS/c1-12(21)20-9-7-13(8-10-20)19(2)11-16-17(18)14-5-3-4-6-15(14)22-16/h3-6,13H,7-11H2,1-2H3. The van der Waals surface area contributed by atoms with E-state index in [2.05, 4.69) is 30.1 Å². The molecule has 22 heavy (non-hydrogen) atoms. The van der Waals surface area contributed by atoms with Crippen LogP contribution in [-0.2, 0) is 11.3 Å². The van der Waals surface area contributed by atoms with Crippen LogP contribution in [0.2, 0.25) is 5.02 Å². The minimum Gasteiger partial charge on any atom is -0.343 e. The fourth-order valence-corrected chi connectivity index (χ4v) is 4.70. The van der Waals surface area contributed by atoms with Crippen LogP contribution >= 0.6 is 22.9 Å². The van der Waals surface area contributed by atoms with Crippen LogP contribution in [0.25, 0.3) is 10.1 Å². The highest BCUT2D eigenvalue weighted by Crippen LogP contribution is 2.36. The van der Waals surface area contributed by atoms with E-state index in [1.54, 1.807) is 18.3 Å². The largest absolute Gasteiger partial charge is 0.343 e. The van der Waals surface area contributed by atoms with Crippen molar-refractivity contribution in [3.8, 4) is 0 Å². The van der Waals surface area contributed by atoms with Crippen LogP contribution in [0, 0.1) is 0 Å². The van der Waals surface area contributed by atoms with Gasteiger partial charge in [-0.25, -0.2) is 0 Å². The van der Waals surface area contributed by atoms with Crippen molar-refractivity contribution in [3.63, 3.8) is 0 Å². The summed E-state index contributed by atoms with van der Waals surface area (Å²) < 4.78 is 1.25. The SMILES string of the molecule is CC(=O)N1CCC(N(C)Cc2sc3ccccc3c2Cl)CC1. The summed E-state index contributed by atoms with van der Waals surface area (Å²) in [7, 11) is 2.16. The molecule has 1 fully saturated rings. The third-order valence-electron chi connectivity index (χ3n) is 4.53. The molecule has 1 aliphatic heterocycles. The van der Waals surface area contributed by atoms with Crippen LogP contribution in [0.4, 0.5) is 0 Å². The van der Waals surface area contributed by atoms with Crippen LogP contribution in [-0.4, -0.2) is 41.9 Å². The Kier molecular flexibility index (Phi) is 4.71. The van der Waals surface area contributed by atoms with Gasteiger partial charge in [-0.15, -0.1) is 11.3 Å². The lowest BCUT2D eigenvalue weighted by molar-refractivity contribution is -0.130. The minimum absolute atomic E-state index is 0.189. The summed E-state index contributed by atoms with van der Waals surface area (Å²) in [6, 6.07) is 8.83. The number of likely N-dealkylation sites (tertiary alicyclic amines) is 1. The predicted molar refractivity (Wildman–Crippen MR) is 93.6 cm³/mol. The highest BCUT2D eigenvalue weighted by Gasteiger charge is 2.24. The number of hydrogen-bond donors (Lipinski definition) is 0. The molecule has 0 radical (unpaired) electrons. The summed E-state index contributed by atoms with van der Waals surface area (Å²) in [4.78, 5) is 17.0. The molecule has 2 heterocycles. The van der Waals surface area contributed by atoms with Gasteiger partial charge in [0.05, 0.1) is 5.02 Å². The Labute approximate surface area is 140 Å². The van der Waals surface area contributed by atoms with E-state index in [4.69, 9.17) is 11.6 Å². The van der Waals surface area contributed by atoms with Crippen LogP contribution in [0.15, 0.2) is 24.3 Å². The van der Waals surface area contributed by atoms with Crippen molar-refractivity contribution >= 4 is 38.9 Å². The molecular weight excluding hydrogens is 316 g/mol. The lowest BCUT2D eigenvalue weighted by Gasteiger charge is -2.36. The first-order chi connectivity index (χ1) is 10.6. The molecular formula is C17H21ClN2OS. The van der Waals surface area contributed by atoms with Crippen molar-refractivity contribution in [1.82, 2.24) is 9.80 Å². The second-order valence-corrected chi connectivity index (χ2v) is 7.50. The first-order valence-electron chi connectivity index (χ1n) is 7.68. The number of rotatable bonds is 3. The lowest BCUT2D eigenvalue weighted by Crippen LogP contribution is -2.44. The molecule has 1 aromatic carbocycles. The smallest absolute Gasteiger partial charge is 0.219 e. The first-order valence-corrected chi connectivity index (χ1v) is 8.87. The zero-order valence-electron chi connectivity index (χ0n) is 13.0. The molecule has 0 atom stereocenters. The topological polar surface area (TPSA) is 23.6 Å². The molecule has 1 aliphatic rings. The van der Waals surface area contributed by atoms with Gasteiger partial charge in [-0.05, 0) is 26.0 Å². The van der Waals surface area contributed by atoms with Gasteiger partial charge < -0.3 is 4.90 Å². The Morgan fingerprint density at radius 2 is 2.05 bits per heavy atom. The third kappa shape index (κ3) is 3.14. The molecule has 0 saturated carbocycles. The number of nitrogens with zero attached hydrogens (tertiary/aromatic N) is 2. The second-order valence-electron chi connectivity index (χ2n) is 5.99. The van der Waals surface area contributed by atoms with Gasteiger partial charge in [-0.2, -0.15) is 0 Å². The van der Waals surface area contributed by atoms with Gasteiger partial charge in [-0.1, -0.05) is 29.8 Å². The molecule has 0 spiro atoms. The van der Waals surface area contributed by atoms with Crippen molar-refractivity contribution < 1.29 is 4.79 Å². The maximum absolute atomic E-state index is 11.4. The van der Waals surface area contributed by atoms with E-state index in [-0.39, 0.29) is 5.91 Å². The van der Waals surface area contributed by atoms with E-state index >= 15 is 0 Å². The average Bonchev–Trinajstić information content (AvgIpc) is 2.84. The summed E-state index contributed by atoms with van der Waals surface area (Å²) in [5.41, 5.74) is 0. The maximum Gasteiger partial charge on any atom is 0.219 e. The van der Waals surface area contributed by atoms with Crippen molar-refractivity contribution in [2.75, 3.05) is 20.1 Å². The van der Waals surface area contributed by atoms with Crippen molar-refractivity contribution in [2.45, 2.75) is 32.4 Å². The Balaban J connectivity index is 1.67. The molecule has 3 nitrogen and oxygen atoms in total. The fourth-order valence-electron chi connectivity index (χ4n) is 3.14. The van der Waals surface area contributed by atoms with E-state index in [1.807, 2.05) is 11.0 Å². The Hall–Kier alpha value is -1.10. The number of halogens is 1. The monoisotopic (exact) mass is 336 g/mol. The van der Waals surface area contributed by atoms with Gasteiger partial charge in [0, 0.05) is 47.6 Å². The highest BCUT2D eigenvalue weighted by molar-refractivity contribution is 7.19. The molecule has 0 unspecified atom stereocenters. The summed E-state index contributed by atoms with van der Waals surface area (Å²) in [5.74, 6) is 0.189. The minimum atomic E-state index is 0.189. The third-order valence-corrected chi connectivity index (χ3v) is 6.23. The number of carbonyl (C=O) groups is 1. The Bertz CT molecular complexity index is 676. The van der Waals surface area contributed by atoms with Gasteiger partial charge in [0.25, 0.3) is 0 Å². The quantitative estimate of drug-likeness (QED) is 0.846. The molecule has 118 valence electrons. The molecule has 0 N–H and O–H groups in total. The van der Waals surface area contributed by atoms with E-state index in [0.717, 1.165) is 42.9 Å². The molecule has 5 heteroatoms. The highest BCUT2D eigenvalue weighted by atomic mass is 35.5. The molecule has 3 rings (SSSR count). The number of thiophene rings is 1. The summed E-state index contributed by atoms with van der Waals surface area (Å²) in [5, 5.41) is 2.05. The number of benzene rings is 1. The molecule has 1 amide bonds. The molecule has 0 bridgehead atoms. The zero-order valence-corrected chi connectivity index (χ0v) is 14.6. The van der Waals surface area contributed by atoms with Crippen molar-refractivity contribution in [1.29, 1.82) is 0 Å². The van der Waals surface area contributed by atoms with Gasteiger partial charge >= 0.3 is 0 Å². The van der Waals surface area contributed by atoms with Crippen molar-refractivity contribution in [3.05, 3.63) is 34.2 Å². The number of amides is 1. The molecule has 2 aromatic rings. The normalized spacial score (nSPS) is 16.6. The number of piperidine rings is 1. The van der Waals surface area contributed by atoms with Gasteiger partial charge in [0.2, 0.25) is 5.91 Å². The average molecular weight is 337 g/mol. The predicted octanol–water partition coefficient (Wildman–Crippen LogP) is 4.00. The summed E-state index contributed by atoms with van der Waals surface area (Å²) in [6.45, 7) is 4.26. The molecule has 0 aliphatic carbocycles. The maximum atomic E-state index is 11.4.